The molecule has 0 unspecified atom stereocenters. The van der Waals surface area contributed by atoms with Crippen molar-refractivity contribution >= 4 is 17.5 Å². The van der Waals surface area contributed by atoms with Crippen LogP contribution in [-0.2, 0) is 17.9 Å². The lowest BCUT2D eigenvalue weighted by Crippen LogP contribution is -2.24. The Morgan fingerprint density at radius 1 is 1.00 bits per heavy atom. The summed E-state index contributed by atoms with van der Waals surface area (Å²) in [6.45, 7) is 0.245. The van der Waals surface area contributed by atoms with Gasteiger partial charge in [-0.3, -0.25) is 14.6 Å². The van der Waals surface area contributed by atoms with E-state index in [4.69, 9.17) is 0 Å². The largest absolute Gasteiger partial charge is 0.389 e. The molecule has 6 rings (SSSR count). The van der Waals surface area contributed by atoms with Crippen LogP contribution in [0.25, 0.3) is 5.65 Å². The average Bonchev–Trinajstić information content (AvgIpc) is 3.90. The van der Waals surface area contributed by atoms with E-state index in [-0.39, 0.29) is 31.8 Å². The molecule has 43 heavy (non-hydrogen) atoms. The van der Waals surface area contributed by atoms with Crippen molar-refractivity contribution in [1.82, 2.24) is 30.2 Å². The monoisotopic (exact) mass is 608 g/mol. The van der Waals surface area contributed by atoms with Crippen LogP contribution in [0.15, 0.2) is 36.8 Å². The van der Waals surface area contributed by atoms with Crippen LogP contribution >= 0.6 is 0 Å². The zero-order valence-corrected chi connectivity index (χ0v) is 23.9. The highest BCUT2D eigenvalue weighted by Crippen LogP contribution is 2.40. The fourth-order valence-corrected chi connectivity index (χ4v) is 4.32. The molecule has 0 saturated heterocycles. The Kier molecular flexibility index (Phi) is 11.0. The first-order valence-corrected chi connectivity index (χ1v) is 14.8. The smallest absolute Gasteiger partial charge is 0.352 e. The molecule has 2 amide bonds. The Labute approximate surface area is 246 Å². The summed E-state index contributed by atoms with van der Waals surface area (Å²) in [4.78, 5) is 32.9. The molecule has 3 fully saturated rings. The zero-order valence-electron chi connectivity index (χ0n) is 23.9. The van der Waals surface area contributed by atoms with E-state index in [0.717, 1.165) is 25.0 Å². The van der Waals surface area contributed by atoms with Crippen molar-refractivity contribution in [2.24, 2.45) is 0 Å². The SMILES string of the molecule is C1CC1.FC1(F)CCCCC1.O=C(CCC(F)(F)F)NCc1cnn2cc(CNC(=O)c3cccnc3C3CC3)nc2c1. The van der Waals surface area contributed by atoms with Gasteiger partial charge in [0.1, 0.15) is 0 Å². The highest BCUT2D eigenvalue weighted by molar-refractivity contribution is 5.95. The number of nitrogens with one attached hydrogen (secondary N) is 2. The van der Waals surface area contributed by atoms with E-state index in [1.807, 2.05) is 0 Å². The molecule has 234 valence electrons. The van der Waals surface area contributed by atoms with Gasteiger partial charge in [0.2, 0.25) is 11.8 Å². The average molecular weight is 609 g/mol. The maximum atomic E-state index is 12.6. The van der Waals surface area contributed by atoms with Crippen molar-refractivity contribution < 1.29 is 31.5 Å². The van der Waals surface area contributed by atoms with Gasteiger partial charge in [0.25, 0.3) is 5.91 Å². The molecular formula is C30H37F5N6O2. The molecule has 3 aliphatic carbocycles. The maximum absolute atomic E-state index is 12.6. The predicted octanol–water partition coefficient (Wildman–Crippen LogP) is 6.65. The van der Waals surface area contributed by atoms with Crippen LogP contribution in [0.3, 0.4) is 0 Å². The first-order valence-electron chi connectivity index (χ1n) is 14.8. The molecule has 0 aromatic carbocycles. The number of imidazole rings is 1. The second-order valence-electron chi connectivity index (χ2n) is 11.2. The van der Waals surface area contributed by atoms with Crippen molar-refractivity contribution in [2.75, 3.05) is 0 Å². The molecular weight excluding hydrogens is 571 g/mol. The Hall–Kier alpha value is -3.64. The molecule has 0 radical (unpaired) electrons. The van der Waals surface area contributed by atoms with Gasteiger partial charge < -0.3 is 10.6 Å². The quantitative estimate of drug-likeness (QED) is 0.279. The summed E-state index contributed by atoms with van der Waals surface area (Å²) in [6, 6.07) is 5.17. The molecule has 8 nitrogen and oxygen atoms in total. The lowest BCUT2D eigenvalue weighted by molar-refractivity contribution is -0.144. The number of carbonyl (C=O) groups is 2. The molecule has 0 spiro atoms. The van der Waals surface area contributed by atoms with E-state index < -0.39 is 30.8 Å². The predicted molar refractivity (Wildman–Crippen MR) is 149 cm³/mol. The summed E-state index contributed by atoms with van der Waals surface area (Å²) >= 11 is 0. The number of nitrogens with zero attached hydrogens (tertiary/aromatic N) is 4. The van der Waals surface area contributed by atoms with E-state index in [0.29, 0.717) is 41.2 Å². The van der Waals surface area contributed by atoms with Crippen molar-refractivity contribution in [3.05, 3.63) is 59.3 Å². The number of hydrogen-bond donors (Lipinski definition) is 2. The van der Waals surface area contributed by atoms with Gasteiger partial charge in [-0.15, -0.1) is 0 Å². The number of hydrogen-bond acceptors (Lipinski definition) is 5. The molecule has 2 N–H and O–H groups in total. The number of carbonyl (C=O) groups excluding carboxylic acids is 2. The topological polar surface area (TPSA) is 101 Å². The molecule has 3 saturated carbocycles. The molecule has 3 aromatic heterocycles. The first kappa shape index (κ1) is 32.3. The Balaban J connectivity index is 0.000000321. The number of fused-ring (bicyclic) bond motifs is 1. The second kappa shape index (κ2) is 14.7. The summed E-state index contributed by atoms with van der Waals surface area (Å²) < 4.78 is 62.5. The molecule has 0 atom stereocenters. The third-order valence-electron chi connectivity index (χ3n) is 6.97. The van der Waals surface area contributed by atoms with Gasteiger partial charge in [0.15, 0.2) is 5.65 Å². The molecule has 0 bridgehead atoms. The van der Waals surface area contributed by atoms with Crippen LogP contribution < -0.4 is 10.6 Å². The van der Waals surface area contributed by atoms with Crippen LogP contribution in [0.1, 0.15) is 110 Å². The number of alkyl halides is 5. The maximum Gasteiger partial charge on any atom is 0.389 e. The standard InChI is InChI=1S/C21H21F3N6O2.C6H10F2.C3H6/c22-21(23,24)6-5-18(31)26-9-13-8-17-29-15(12-30(17)28-10-13)11-27-20(32)16-2-1-7-25-19(16)14-3-4-14;7-6(8)4-2-1-3-5-6;1-2-3-1/h1-2,7-8,10,12,14H,3-6,9,11H2,(H,26,31)(H,27,32);1-5H2;1-3H2. The summed E-state index contributed by atoms with van der Waals surface area (Å²) in [7, 11) is 0. The third-order valence-corrected chi connectivity index (χ3v) is 6.97. The van der Waals surface area contributed by atoms with Gasteiger partial charge in [-0.1, -0.05) is 25.7 Å². The molecule has 3 aliphatic rings. The summed E-state index contributed by atoms with van der Waals surface area (Å²) in [6.07, 6.45) is 7.96. The normalized spacial score (nSPS) is 17.1. The lowest BCUT2D eigenvalue weighted by atomic mass is 9.97. The number of rotatable bonds is 8. The molecule has 3 heterocycles. The van der Waals surface area contributed by atoms with E-state index in [2.05, 4.69) is 25.7 Å². The van der Waals surface area contributed by atoms with Crippen molar-refractivity contribution in [3.63, 3.8) is 0 Å². The van der Waals surface area contributed by atoms with Crippen LogP contribution in [0.5, 0.6) is 0 Å². The van der Waals surface area contributed by atoms with E-state index in [9.17, 15) is 31.5 Å². The second-order valence-corrected chi connectivity index (χ2v) is 11.2. The minimum atomic E-state index is -4.37. The van der Waals surface area contributed by atoms with Crippen molar-refractivity contribution in [3.8, 4) is 0 Å². The Morgan fingerprint density at radius 2 is 1.70 bits per heavy atom. The first-order chi connectivity index (χ1) is 20.5. The third kappa shape index (κ3) is 11.5. The zero-order chi connectivity index (χ0) is 30.9. The minimum absolute atomic E-state index is 0.0457. The van der Waals surface area contributed by atoms with Gasteiger partial charge in [-0.25, -0.2) is 18.3 Å². The highest BCUT2D eigenvalue weighted by atomic mass is 19.4. The Bertz CT molecular complexity index is 1360. The number of halogens is 5. The van der Waals surface area contributed by atoms with Crippen LogP contribution in [0, 0.1) is 0 Å². The fourth-order valence-electron chi connectivity index (χ4n) is 4.32. The molecule has 0 aliphatic heterocycles. The number of amides is 2. The lowest BCUT2D eigenvalue weighted by Gasteiger charge is -2.20. The van der Waals surface area contributed by atoms with Crippen molar-refractivity contribution in [1.29, 1.82) is 0 Å². The van der Waals surface area contributed by atoms with E-state index in [1.165, 1.54) is 30.0 Å². The van der Waals surface area contributed by atoms with Gasteiger partial charge >= 0.3 is 6.18 Å². The van der Waals surface area contributed by atoms with Crippen LogP contribution in [-0.4, -0.2) is 43.5 Å². The van der Waals surface area contributed by atoms with Crippen molar-refractivity contribution in [2.45, 2.75) is 108 Å². The van der Waals surface area contributed by atoms with Gasteiger partial charge in [0.05, 0.1) is 42.3 Å². The van der Waals surface area contributed by atoms with Crippen LogP contribution in [0.2, 0.25) is 0 Å². The van der Waals surface area contributed by atoms with Gasteiger partial charge in [0, 0.05) is 37.9 Å². The minimum Gasteiger partial charge on any atom is -0.352 e. The van der Waals surface area contributed by atoms with E-state index in [1.54, 1.807) is 30.6 Å². The summed E-state index contributed by atoms with van der Waals surface area (Å²) in [5, 5.41) is 9.49. The molecule has 3 aromatic rings. The highest BCUT2D eigenvalue weighted by Gasteiger charge is 2.31. The molecule has 13 heteroatoms. The summed E-state index contributed by atoms with van der Waals surface area (Å²) in [5.41, 5.74) is 3.08. The van der Waals surface area contributed by atoms with E-state index >= 15 is 0 Å². The number of aromatic nitrogens is 4. The summed E-state index contributed by atoms with van der Waals surface area (Å²) in [5.74, 6) is -2.87. The van der Waals surface area contributed by atoms with Gasteiger partial charge in [-0.05, 0) is 49.4 Å². The van der Waals surface area contributed by atoms with Gasteiger partial charge in [-0.2, -0.15) is 18.3 Å². The van der Waals surface area contributed by atoms with Crippen LogP contribution in [0.4, 0.5) is 22.0 Å². The fraction of sp³-hybridized carbons (Fsp3) is 0.567. The number of pyridine rings is 1. The Morgan fingerprint density at radius 3 is 2.30 bits per heavy atom.